The van der Waals surface area contributed by atoms with Crippen molar-refractivity contribution in [3.05, 3.63) is 71.9 Å². The number of carbonyl (C=O) groups is 2. The molecule has 0 heterocycles. The van der Waals surface area contributed by atoms with Crippen molar-refractivity contribution >= 4 is 17.5 Å². The first-order valence-corrected chi connectivity index (χ1v) is 7.51. The number of nitrogens with zero attached hydrogens (tertiary/aromatic N) is 1. The molecule has 6 heteroatoms. The van der Waals surface area contributed by atoms with Gasteiger partial charge in [0.25, 0.3) is 5.91 Å². The first-order chi connectivity index (χ1) is 12.1. The molecule has 0 radical (unpaired) electrons. The number of hydrogen-bond acceptors (Lipinski definition) is 5. The molecule has 0 aliphatic rings. The summed E-state index contributed by atoms with van der Waals surface area (Å²) < 4.78 is 5.05. The number of rotatable bonds is 6. The van der Waals surface area contributed by atoms with Crippen LogP contribution in [0.1, 0.15) is 5.56 Å². The van der Waals surface area contributed by atoms with E-state index in [1.165, 1.54) is 6.20 Å². The second kappa shape index (κ2) is 8.89. The average molecular weight is 335 g/mol. The molecule has 0 aliphatic carbocycles. The van der Waals surface area contributed by atoms with Gasteiger partial charge in [-0.2, -0.15) is 5.26 Å². The Morgan fingerprint density at radius 3 is 2.40 bits per heavy atom. The number of anilines is 1. The van der Waals surface area contributed by atoms with Crippen LogP contribution in [-0.4, -0.2) is 18.9 Å². The number of nitriles is 1. The van der Waals surface area contributed by atoms with E-state index in [2.05, 4.69) is 10.6 Å². The molecule has 6 nitrogen and oxygen atoms in total. The summed E-state index contributed by atoms with van der Waals surface area (Å²) in [6.45, 7) is 0. The van der Waals surface area contributed by atoms with Crippen molar-refractivity contribution in [2.24, 2.45) is 0 Å². The van der Waals surface area contributed by atoms with Crippen LogP contribution >= 0.6 is 0 Å². The minimum absolute atomic E-state index is 0.0667. The molecule has 126 valence electrons. The highest BCUT2D eigenvalue weighted by atomic mass is 16.5. The van der Waals surface area contributed by atoms with Gasteiger partial charge < -0.3 is 10.1 Å². The summed E-state index contributed by atoms with van der Waals surface area (Å²) in [6, 6.07) is 17.8. The highest BCUT2D eigenvalue weighted by Crippen LogP contribution is 2.15. The van der Waals surface area contributed by atoms with Crippen LogP contribution < -0.4 is 15.4 Å². The molecule has 0 aromatic heterocycles. The van der Waals surface area contributed by atoms with E-state index in [0.29, 0.717) is 11.4 Å². The van der Waals surface area contributed by atoms with Gasteiger partial charge in [-0.25, -0.2) is 0 Å². The maximum Gasteiger partial charge on any atom is 0.270 e. The number of imide groups is 1. The number of amides is 2. The van der Waals surface area contributed by atoms with Crippen molar-refractivity contribution in [3.8, 4) is 11.8 Å². The van der Waals surface area contributed by atoms with Crippen molar-refractivity contribution in [1.29, 1.82) is 5.26 Å². The van der Waals surface area contributed by atoms with Crippen LogP contribution in [-0.2, 0) is 16.0 Å². The second-order valence-electron chi connectivity index (χ2n) is 5.08. The Balaban J connectivity index is 1.95. The number of ether oxygens (including phenoxy) is 1. The zero-order valence-corrected chi connectivity index (χ0v) is 13.7. The molecular formula is C19H17N3O3. The SMILES string of the molecule is COc1ccc(NC=C(C#N)C(=O)NC(=O)Cc2ccccc2)cc1. The van der Waals surface area contributed by atoms with E-state index in [1.54, 1.807) is 49.6 Å². The van der Waals surface area contributed by atoms with Crippen LogP contribution in [0.4, 0.5) is 5.69 Å². The summed E-state index contributed by atoms with van der Waals surface area (Å²) in [5, 5.41) is 14.2. The van der Waals surface area contributed by atoms with Crippen molar-refractivity contribution in [2.75, 3.05) is 12.4 Å². The standard InChI is InChI=1S/C19H17N3O3/c1-25-17-9-7-16(8-10-17)21-13-15(12-20)19(24)22-18(23)11-14-5-3-2-4-6-14/h2-10,13,21H,11H2,1H3,(H,22,23,24). The zero-order valence-electron chi connectivity index (χ0n) is 13.7. The van der Waals surface area contributed by atoms with E-state index >= 15 is 0 Å². The Labute approximate surface area is 145 Å². The Bertz CT molecular complexity index is 806. The number of benzene rings is 2. The summed E-state index contributed by atoms with van der Waals surface area (Å²) in [7, 11) is 1.56. The lowest BCUT2D eigenvalue weighted by Crippen LogP contribution is -2.32. The molecule has 2 aromatic rings. The molecule has 2 amide bonds. The van der Waals surface area contributed by atoms with Gasteiger partial charge >= 0.3 is 0 Å². The van der Waals surface area contributed by atoms with Crippen LogP contribution in [0.5, 0.6) is 5.75 Å². The molecule has 2 rings (SSSR count). The molecule has 0 saturated carbocycles. The monoisotopic (exact) mass is 335 g/mol. The lowest BCUT2D eigenvalue weighted by atomic mass is 10.1. The van der Waals surface area contributed by atoms with Gasteiger partial charge in [0.1, 0.15) is 17.4 Å². The van der Waals surface area contributed by atoms with Gasteiger partial charge in [0.15, 0.2) is 0 Å². The van der Waals surface area contributed by atoms with Gasteiger partial charge in [-0.1, -0.05) is 30.3 Å². The van der Waals surface area contributed by atoms with Gasteiger partial charge in [-0.3, -0.25) is 14.9 Å². The molecule has 0 atom stereocenters. The van der Waals surface area contributed by atoms with E-state index in [4.69, 9.17) is 10.00 Å². The second-order valence-corrected chi connectivity index (χ2v) is 5.08. The fraction of sp³-hybridized carbons (Fsp3) is 0.105. The summed E-state index contributed by atoms with van der Waals surface area (Å²) in [5.74, 6) is -0.523. The molecule has 0 spiro atoms. The predicted octanol–water partition coefficient (Wildman–Crippen LogP) is 2.40. The fourth-order valence-electron chi connectivity index (χ4n) is 2.01. The minimum atomic E-state index is -0.746. The smallest absolute Gasteiger partial charge is 0.270 e. The zero-order chi connectivity index (χ0) is 18.1. The maximum atomic E-state index is 12.0. The molecule has 25 heavy (non-hydrogen) atoms. The van der Waals surface area contributed by atoms with Crippen molar-refractivity contribution < 1.29 is 14.3 Å². The average Bonchev–Trinajstić information content (AvgIpc) is 2.63. The topological polar surface area (TPSA) is 91.2 Å². The molecule has 0 unspecified atom stereocenters. The molecule has 0 saturated heterocycles. The summed E-state index contributed by atoms with van der Waals surface area (Å²) in [6.07, 6.45) is 1.32. The van der Waals surface area contributed by atoms with Crippen LogP contribution in [0.3, 0.4) is 0 Å². The predicted molar refractivity (Wildman–Crippen MR) is 93.6 cm³/mol. The van der Waals surface area contributed by atoms with Gasteiger partial charge in [0, 0.05) is 11.9 Å². The van der Waals surface area contributed by atoms with Crippen molar-refractivity contribution in [2.45, 2.75) is 6.42 Å². The van der Waals surface area contributed by atoms with E-state index in [1.807, 2.05) is 18.2 Å². The molecule has 0 fully saturated rings. The van der Waals surface area contributed by atoms with Gasteiger partial charge in [-0.05, 0) is 29.8 Å². The number of nitrogens with one attached hydrogen (secondary N) is 2. The van der Waals surface area contributed by atoms with Gasteiger partial charge in [-0.15, -0.1) is 0 Å². The third-order valence-corrected chi connectivity index (χ3v) is 3.30. The molecule has 2 N–H and O–H groups in total. The van der Waals surface area contributed by atoms with Crippen LogP contribution in [0.25, 0.3) is 0 Å². The summed E-state index contributed by atoms with van der Waals surface area (Å²) >= 11 is 0. The molecular weight excluding hydrogens is 318 g/mol. The number of hydrogen-bond donors (Lipinski definition) is 2. The third kappa shape index (κ3) is 5.52. The molecule has 2 aromatic carbocycles. The van der Waals surface area contributed by atoms with E-state index < -0.39 is 11.8 Å². The van der Waals surface area contributed by atoms with Crippen LogP contribution in [0.15, 0.2) is 66.4 Å². The minimum Gasteiger partial charge on any atom is -0.497 e. The van der Waals surface area contributed by atoms with Crippen molar-refractivity contribution in [3.63, 3.8) is 0 Å². The van der Waals surface area contributed by atoms with Gasteiger partial charge in [0.05, 0.1) is 13.5 Å². The van der Waals surface area contributed by atoms with E-state index in [-0.39, 0.29) is 12.0 Å². The first-order valence-electron chi connectivity index (χ1n) is 7.51. The Morgan fingerprint density at radius 1 is 1.12 bits per heavy atom. The summed E-state index contributed by atoms with van der Waals surface area (Å²) in [4.78, 5) is 23.9. The van der Waals surface area contributed by atoms with Gasteiger partial charge in [0.2, 0.25) is 5.91 Å². The highest BCUT2D eigenvalue weighted by molar-refractivity contribution is 6.07. The number of carbonyl (C=O) groups excluding carboxylic acids is 2. The quantitative estimate of drug-likeness (QED) is 0.625. The Morgan fingerprint density at radius 2 is 1.80 bits per heavy atom. The summed E-state index contributed by atoms with van der Waals surface area (Å²) in [5.41, 5.74) is 1.26. The largest absolute Gasteiger partial charge is 0.497 e. The Kier molecular flexibility index (Phi) is 6.32. The molecule has 0 aliphatic heterocycles. The molecule has 0 bridgehead atoms. The maximum absolute atomic E-state index is 12.0. The Hall–Kier alpha value is -3.59. The van der Waals surface area contributed by atoms with Crippen molar-refractivity contribution in [1.82, 2.24) is 5.32 Å². The highest BCUT2D eigenvalue weighted by Gasteiger charge is 2.13. The number of methoxy groups -OCH3 is 1. The lowest BCUT2D eigenvalue weighted by Gasteiger charge is -2.05. The van der Waals surface area contributed by atoms with E-state index in [0.717, 1.165) is 5.56 Å². The lowest BCUT2D eigenvalue weighted by molar-refractivity contribution is -0.127. The van der Waals surface area contributed by atoms with E-state index in [9.17, 15) is 9.59 Å². The first kappa shape index (κ1) is 17.8. The normalized spacial score (nSPS) is 10.5. The third-order valence-electron chi connectivity index (χ3n) is 3.30. The van der Waals surface area contributed by atoms with Crippen LogP contribution in [0.2, 0.25) is 0 Å². The van der Waals surface area contributed by atoms with Crippen LogP contribution in [0, 0.1) is 11.3 Å². The fourth-order valence-corrected chi connectivity index (χ4v) is 2.01.